The molecular formula is C18H21N7O2. The van der Waals surface area contributed by atoms with Crippen molar-refractivity contribution in [3.05, 3.63) is 30.4 Å². The molecule has 0 radical (unpaired) electrons. The first kappa shape index (κ1) is 16.2. The van der Waals surface area contributed by atoms with E-state index in [1.165, 1.54) is 12.8 Å². The summed E-state index contributed by atoms with van der Waals surface area (Å²) in [6.07, 6.45) is 6.76. The lowest BCUT2D eigenvalue weighted by Crippen LogP contribution is -2.23. The molecule has 27 heavy (non-hydrogen) atoms. The SMILES string of the molecule is COc1cnc(N2CCC(COc3ccc4nnc(C5CC5)n4n3)C2)nc1. The van der Waals surface area contributed by atoms with E-state index < -0.39 is 0 Å². The molecule has 9 heteroatoms. The molecule has 0 aromatic carbocycles. The van der Waals surface area contributed by atoms with E-state index in [0.717, 1.165) is 36.9 Å². The molecule has 1 saturated carbocycles. The van der Waals surface area contributed by atoms with Crippen LogP contribution in [0.25, 0.3) is 5.65 Å². The van der Waals surface area contributed by atoms with Crippen LogP contribution < -0.4 is 14.4 Å². The Balaban J connectivity index is 1.21. The molecule has 1 aliphatic heterocycles. The lowest BCUT2D eigenvalue weighted by Gasteiger charge is -2.16. The van der Waals surface area contributed by atoms with Crippen molar-refractivity contribution < 1.29 is 9.47 Å². The van der Waals surface area contributed by atoms with E-state index in [0.29, 0.717) is 30.1 Å². The maximum Gasteiger partial charge on any atom is 0.231 e. The summed E-state index contributed by atoms with van der Waals surface area (Å²) in [5.41, 5.74) is 0.771. The minimum Gasteiger partial charge on any atom is -0.494 e. The first-order valence-electron chi connectivity index (χ1n) is 9.26. The van der Waals surface area contributed by atoms with E-state index in [9.17, 15) is 0 Å². The van der Waals surface area contributed by atoms with Gasteiger partial charge in [-0.1, -0.05) is 0 Å². The minimum atomic E-state index is 0.414. The van der Waals surface area contributed by atoms with Crippen LogP contribution in [-0.4, -0.2) is 56.6 Å². The predicted octanol–water partition coefficient (Wildman–Crippen LogP) is 1.71. The van der Waals surface area contributed by atoms with Gasteiger partial charge in [0.15, 0.2) is 17.2 Å². The van der Waals surface area contributed by atoms with Crippen LogP contribution in [0.2, 0.25) is 0 Å². The quantitative estimate of drug-likeness (QED) is 0.650. The van der Waals surface area contributed by atoms with E-state index in [1.54, 1.807) is 19.5 Å². The van der Waals surface area contributed by atoms with E-state index in [4.69, 9.17) is 9.47 Å². The molecule has 1 unspecified atom stereocenters. The third-order valence-electron chi connectivity index (χ3n) is 5.09. The van der Waals surface area contributed by atoms with Gasteiger partial charge in [-0.05, 0) is 25.3 Å². The normalized spacial score (nSPS) is 19.6. The Morgan fingerprint density at radius 3 is 2.74 bits per heavy atom. The highest BCUT2D eigenvalue weighted by atomic mass is 16.5. The number of hydrogen-bond donors (Lipinski definition) is 0. The summed E-state index contributed by atoms with van der Waals surface area (Å²) in [5.74, 6) is 3.87. The Morgan fingerprint density at radius 2 is 1.96 bits per heavy atom. The Bertz CT molecular complexity index is 939. The first-order valence-corrected chi connectivity index (χ1v) is 9.26. The second-order valence-corrected chi connectivity index (χ2v) is 7.11. The Labute approximate surface area is 156 Å². The summed E-state index contributed by atoms with van der Waals surface area (Å²) in [6.45, 7) is 2.41. The molecular weight excluding hydrogens is 346 g/mol. The highest BCUT2D eigenvalue weighted by molar-refractivity contribution is 5.38. The average Bonchev–Trinajstić information content (AvgIpc) is 3.29. The van der Waals surface area contributed by atoms with Crippen LogP contribution in [0.5, 0.6) is 11.6 Å². The maximum absolute atomic E-state index is 5.97. The van der Waals surface area contributed by atoms with Crippen LogP contribution in [0.1, 0.15) is 31.0 Å². The topological polar surface area (TPSA) is 90.6 Å². The number of rotatable bonds is 6. The molecule has 2 aliphatic rings. The molecule has 0 amide bonds. The summed E-state index contributed by atoms with van der Waals surface area (Å²) in [6, 6.07) is 3.77. The first-order chi connectivity index (χ1) is 13.3. The number of methoxy groups -OCH3 is 1. The third-order valence-corrected chi connectivity index (χ3v) is 5.09. The lowest BCUT2D eigenvalue weighted by atomic mass is 10.1. The summed E-state index contributed by atoms with van der Waals surface area (Å²) in [7, 11) is 1.61. The zero-order chi connectivity index (χ0) is 18.2. The fourth-order valence-electron chi connectivity index (χ4n) is 3.39. The van der Waals surface area contributed by atoms with Crippen molar-refractivity contribution in [1.29, 1.82) is 0 Å². The third kappa shape index (κ3) is 3.24. The van der Waals surface area contributed by atoms with Crippen LogP contribution in [0.15, 0.2) is 24.5 Å². The van der Waals surface area contributed by atoms with Crippen molar-refractivity contribution in [2.45, 2.75) is 25.2 Å². The van der Waals surface area contributed by atoms with E-state index in [2.05, 4.69) is 30.2 Å². The zero-order valence-electron chi connectivity index (χ0n) is 15.2. The standard InChI is InChI=1S/C18H21N7O2/c1-26-14-8-19-18(20-9-14)24-7-6-12(10-24)11-27-16-5-4-15-21-22-17(13-2-3-13)25(15)23-16/h4-5,8-9,12-13H,2-3,6-7,10-11H2,1H3. The summed E-state index contributed by atoms with van der Waals surface area (Å²) < 4.78 is 12.9. The molecule has 1 aliphatic carbocycles. The van der Waals surface area contributed by atoms with E-state index in [1.807, 2.05) is 16.6 Å². The summed E-state index contributed by atoms with van der Waals surface area (Å²) in [5, 5.41) is 13.0. The number of fused-ring (bicyclic) bond motifs is 1. The molecule has 0 N–H and O–H groups in total. The average molecular weight is 367 g/mol. The molecule has 0 spiro atoms. The molecule has 1 atom stereocenters. The molecule has 1 saturated heterocycles. The number of aromatic nitrogens is 6. The van der Waals surface area contributed by atoms with Crippen molar-refractivity contribution in [2.24, 2.45) is 5.92 Å². The maximum atomic E-state index is 5.97. The van der Waals surface area contributed by atoms with Crippen LogP contribution in [-0.2, 0) is 0 Å². The number of anilines is 1. The molecule has 140 valence electrons. The molecule has 5 rings (SSSR count). The van der Waals surface area contributed by atoms with Crippen molar-refractivity contribution in [2.75, 3.05) is 31.7 Å². The highest BCUT2D eigenvalue weighted by Gasteiger charge is 2.29. The minimum absolute atomic E-state index is 0.414. The van der Waals surface area contributed by atoms with Crippen LogP contribution >= 0.6 is 0 Å². The van der Waals surface area contributed by atoms with Crippen molar-refractivity contribution >= 4 is 11.6 Å². The molecule has 3 aromatic heterocycles. The van der Waals surface area contributed by atoms with E-state index >= 15 is 0 Å². The Morgan fingerprint density at radius 1 is 1.11 bits per heavy atom. The number of ether oxygens (including phenoxy) is 2. The van der Waals surface area contributed by atoms with Crippen molar-refractivity contribution in [3.63, 3.8) is 0 Å². The van der Waals surface area contributed by atoms with Gasteiger partial charge in [0.25, 0.3) is 0 Å². The van der Waals surface area contributed by atoms with Gasteiger partial charge in [0.05, 0.1) is 26.1 Å². The second-order valence-electron chi connectivity index (χ2n) is 7.11. The Hall–Kier alpha value is -2.97. The molecule has 4 heterocycles. The van der Waals surface area contributed by atoms with Gasteiger partial charge in [-0.25, -0.2) is 9.97 Å². The van der Waals surface area contributed by atoms with E-state index in [-0.39, 0.29) is 0 Å². The van der Waals surface area contributed by atoms with Gasteiger partial charge in [0.1, 0.15) is 0 Å². The van der Waals surface area contributed by atoms with Gasteiger partial charge in [-0.15, -0.1) is 15.3 Å². The second kappa shape index (κ2) is 6.64. The van der Waals surface area contributed by atoms with Gasteiger partial charge >= 0.3 is 0 Å². The number of nitrogens with zero attached hydrogens (tertiary/aromatic N) is 7. The molecule has 2 fully saturated rings. The van der Waals surface area contributed by atoms with Gasteiger partial charge in [0.2, 0.25) is 11.8 Å². The lowest BCUT2D eigenvalue weighted by molar-refractivity contribution is 0.248. The van der Waals surface area contributed by atoms with Crippen LogP contribution in [0, 0.1) is 5.92 Å². The van der Waals surface area contributed by atoms with Crippen molar-refractivity contribution in [3.8, 4) is 11.6 Å². The number of hydrogen-bond acceptors (Lipinski definition) is 8. The summed E-state index contributed by atoms with van der Waals surface area (Å²) in [4.78, 5) is 10.9. The van der Waals surface area contributed by atoms with Gasteiger partial charge in [0, 0.05) is 31.0 Å². The Kier molecular flexibility index (Phi) is 3.99. The molecule has 3 aromatic rings. The van der Waals surface area contributed by atoms with Crippen molar-refractivity contribution in [1.82, 2.24) is 29.8 Å². The zero-order valence-corrected chi connectivity index (χ0v) is 15.2. The molecule has 0 bridgehead atoms. The summed E-state index contributed by atoms with van der Waals surface area (Å²) >= 11 is 0. The largest absolute Gasteiger partial charge is 0.494 e. The van der Waals surface area contributed by atoms with Crippen LogP contribution in [0.4, 0.5) is 5.95 Å². The monoisotopic (exact) mass is 367 g/mol. The fourth-order valence-corrected chi connectivity index (χ4v) is 3.39. The molecule has 9 nitrogen and oxygen atoms in total. The van der Waals surface area contributed by atoms with Gasteiger partial charge < -0.3 is 14.4 Å². The highest BCUT2D eigenvalue weighted by Crippen LogP contribution is 2.38. The van der Waals surface area contributed by atoms with Gasteiger partial charge in [-0.3, -0.25) is 0 Å². The van der Waals surface area contributed by atoms with Gasteiger partial charge in [-0.2, -0.15) is 4.52 Å². The van der Waals surface area contributed by atoms with Crippen LogP contribution in [0.3, 0.4) is 0 Å². The predicted molar refractivity (Wildman–Crippen MR) is 97.2 cm³/mol. The fraction of sp³-hybridized carbons (Fsp3) is 0.500. The smallest absolute Gasteiger partial charge is 0.231 e.